The van der Waals surface area contributed by atoms with Crippen LogP contribution in [0.5, 0.6) is 0 Å². The number of carbonyl (C=O) groups is 1. The number of aromatic nitrogens is 4. The molecule has 162 valence electrons. The van der Waals surface area contributed by atoms with E-state index < -0.39 is 12.5 Å². The highest BCUT2D eigenvalue weighted by atomic mass is 79.9. The van der Waals surface area contributed by atoms with Gasteiger partial charge in [0.05, 0.1) is 34.3 Å². The predicted octanol–water partition coefficient (Wildman–Crippen LogP) is 3.34. The number of rotatable bonds is 5. The predicted molar refractivity (Wildman–Crippen MR) is 125 cm³/mol. The van der Waals surface area contributed by atoms with Gasteiger partial charge in [-0.2, -0.15) is 5.10 Å². The smallest absolute Gasteiger partial charge is 0.251 e. The molecule has 1 amide bonds. The van der Waals surface area contributed by atoms with Crippen LogP contribution >= 0.6 is 27.3 Å². The Bertz CT molecular complexity index is 1320. The molecule has 1 aliphatic rings. The van der Waals surface area contributed by atoms with Crippen molar-refractivity contribution in [3.05, 3.63) is 64.0 Å². The van der Waals surface area contributed by atoms with Crippen molar-refractivity contribution in [2.75, 3.05) is 11.9 Å². The fraction of sp³-hybridized carbons (Fsp3) is 0.182. The summed E-state index contributed by atoms with van der Waals surface area (Å²) in [6.45, 7) is -0.646. The number of benzene rings is 1. The largest absolute Gasteiger partial charge is 0.392 e. The number of pyridine rings is 1. The quantitative estimate of drug-likeness (QED) is 0.378. The van der Waals surface area contributed by atoms with Crippen molar-refractivity contribution in [3.63, 3.8) is 0 Å². The highest BCUT2D eigenvalue weighted by Gasteiger charge is 2.30. The van der Waals surface area contributed by atoms with Gasteiger partial charge in [-0.1, -0.05) is 17.4 Å². The Morgan fingerprint density at radius 3 is 2.84 bits per heavy atom. The Balaban J connectivity index is 1.72. The lowest BCUT2D eigenvalue weighted by Crippen LogP contribution is -2.15. The van der Waals surface area contributed by atoms with Crippen LogP contribution in [0.25, 0.3) is 27.5 Å². The number of nitrogens with one attached hydrogen (secondary N) is 1. The number of anilines is 1. The highest BCUT2D eigenvalue weighted by molar-refractivity contribution is 9.10. The number of nitrogens with zero attached hydrogens (tertiary/aromatic N) is 4. The van der Waals surface area contributed by atoms with Crippen LogP contribution in [-0.4, -0.2) is 42.5 Å². The Morgan fingerprint density at radius 2 is 2.12 bits per heavy atom. The van der Waals surface area contributed by atoms with Crippen LogP contribution in [0.2, 0.25) is 0 Å². The number of amides is 1. The number of carbonyl (C=O) groups excluding carboxylic acids is 1. The summed E-state index contributed by atoms with van der Waals surface area (Å²) >= 11 is 4.99. The molecule has 0 aliphatic heterocycles. The molecule has 0 bridgehead atoms. The van der Waals surface area contributed by atoms with Gasteiger partial charge < -0.3 is 10.2 Å². The normalized spacial score (nSPS) is 12.3. The van der Waals surface area contributed by atoms with Gasteiger partial charge in [0.1, 0.15) is 6.61 Å². The van der Waals surface area contributed by atoms with Crippen molar-refractivity contribution in [3.8, 4) is 27.5 Å². The number of aliphatic hydroxyl groups excluding tert-OH is 2. The van der Waals surface area contributed by atoms with Gasteiger partial charge in [-0.25, -0.2) is 9.67 Å². The second-order valence-electron chi connectivity index (χ2n) is 7.27. The van der Waals surface area contributed by atoms with Gasteiger partial charge >= 0.3 is 0 Å². The van der Waals surface area contributed by atoms with Gasteiger partial charge in [0.2, 0.25) is 0 Å². The van der Waals surface area contributed by atoms with Crippen molar-refractivity contribution in [1.29, 1.82) is 0 Å². The molecule has 0 saturated heterocycles. The molecule has 3 aromatic heterocycles. The van der Waals surface area contributed by atoms with Crippen molar-refractivity contribution in [2.45, 2.75) is 19.4 Å². The topological polar surface area (TPSA) is 113 Å². The van der Waals surface area contributed by atoms with E-state index in [1.165, 1.54) is 11.3 Å². The average Bonchev–Trinajstić information content (AvgIpc) is 3.40. The monoisotopic (exact) mass is 511 g/mol. The van der Waals surface area contributed by atoms with E-state index in [-0.39, 0.29) is 6.61 Å². The number of hydrogen-bond acceptors (Lipinski definition) is 7. The molecule has 0 fully saturated rings. The van der Waals surface area contributed by atoms with Gasteiger partial charge in [-0.15, -0.1) is 0 Å². The number of thiazole rings is 1. The molecule has 0 saturated carbocycles. The van der Waals surface area contributed by atoms with Gasteiger partial charge in [0.25, 0.3) is 5.91 Å². The maximum atomic E-state index is 11.7. The van der Waals surface area contributed by atoms with Crippen molar-refractivity contribution < 1.29 is 15.0 Å². The number of fused-ring (bicyclic) bond motifs is 3. The van der Waals surface area contributed by atoms with Crippen molar-refractivity contribution in [1.82, 2.24) is 19.7 Å². The minimum Gasteiger partial charge on any atom is -0.392 e. The van der Waals surface area contributed by atoms with Crippen LogP contribution in [0.3, 0.4) is 0 Å². The van der Waals surface area contributed by atoms with E-state index in [1.807, 2.05) is 35.0 Å². The highest BCUT2D eigenvalue weighted by Crippen LogP contribution is 2.44. The second kappa shape index (κ2) is 8.55. The Kier molecular flexibility index (Phi) is 5.60. The molecule has 1 aliphatic carbocycles. The molecular formula is C22H18BrN5O3S. The third-order valence-electron chi connectivity index (χ3n) is 5.26. The minimum atomic E-state index is -0.595. The summed E-state index contributed by atoms with van der Waals surface area (Å²) in [6, 6.07) is 9.52. The molecule has 3 heterocycles. The molecule has 8 nitrogen and oxygen atoms in total. The van der Waals surface area contributed by atoms with Crippen LogP contribution < -0.4 is 5.32 Å². The average molecular weight is 512 g/mol. The zero-order valence-corrected chi connectivity index (χ0v) is 19.2. The molecule has 0 spiro atoms. The first-order valence-corrected chi connectivity index (χ1v) is 11.5. The number of aryl methyl sites for hydroxylation is 1. The molecule has 10 heteroatoms. The summed E-state index contributed by atoms with van der Waals surface area (Å²) in [5, 5.41) is 26.6. The van der Waals surface area contributed by atoms with Crippen LogP contribution in [0.1, 0.15) is 16.8 Å². The zero-order chi connectivity index (χ0) is 22.2. The number of halogens is 1. The maximum absolute atomic E-state index is 11.7. The van der Waals surface area contributed by atoms with E-state index >= 15 is 0 Å². The van der Waals surface area contributed by atoms with E-state index in [0.717, 1.165) is 61.7 Å². The van der Waals surface area contributed by atoms with Crippen LogP contribution in [0.4, 0.5) is 5.13 Å². The molecule has 0 unspecified atom stereocenters. The third-order valence-corrected chi connectivity index (χ3v) is 6.91. The van der Waals surface area contributed by atoms with E-state index in [0.29, 0.717) is 5.13 Å². The summed E-state index contributed by atoms with van der Waals surface area (Å²) in [4.78, 5) is 21.4. The Hall–Kier alpha value is -2.92. The first-order valence-electron chi connectivity index (χ1n) is 9.91. The first kappa shape index (κ1) is 21.0. The lowest BCUT2D eigenvalue weighted by Gasteiger charge is -2.15. The van der Waals surface area contributed by atoms with E-state index in [9.17, 15) is 9.90 Å². The molecule has 0 atom stereocenters. The van der Waals surface area contributed by atoms with E-state index in [4.69, 9.17) is 10.2 Å². The molecule has 5 rings (SSSR count). The van der Waals surface area contributed by atoms with Crippen LogP contribution in [-0.2, 0) is 24.2 Å². The number of aliphatic hydroxyl groups is 2. The fourth-order valence-electron chi connectivity index (χ4n) is 3.81. The van der Waals surface area contributed by atoms with Gasteiger partial charge in [-0.05, 0) is 58.6 Å². The number of hydrogen-bond donors (Lipinski definition) is 3. The summed E-state index contributed by atoms with van der Waals surface area (Å²) in [7, 11) is 0. The zero-order valence-electron chi connectivity index (χ0n) is 16.7. The molecule has 4 aromatic rings. The molecule has 1 aromatic carbocycles. The molecule has 3 N–H and O–H groups in total. The van der Waals surface area contributed by atoms with Gasteiger partial charge in [-0.3, -0.25) is 15.1 Å². The summed E-state index contributed by atoms with van der Waals surface area (Å²) in [5.74, 6) is -0.497. The van der Waals surface area contributed by atoms with Crippen molar-refractivity contribution >= 4 is 38.3 Å². The van der Waals surface area contributed by atoms with Gasteiger partial charge in [0.15, 0.2) is 5.13 Å². The van der Waals surface area contributed by atoms with Crippen LogP contribution in [0, 0.1) is 0 Å². The third kappa shape index (κ3) is 3.65. The molecule has 0 radical (unpaired) electrons. The van der Waals surface area contributed by atoms with E-state index in [1.54, 1.807) is 12.4 Å². The molecule has 32 heavy (non-hydrogen) atoms. The summed E-state index contributed by atoms with van der Waals surface area (Å²) < 4.78 is 2.69. The summed E-state index contributed by atoms with van der Waals surface area (Å²) in [6.07, 6.45) is 4.99. The second-order valence-corrected chi connectivity index (χ2v) is 9.13. The molecular weight excluding hydrogens is 494 g/mol. The fourth-order valence-corrected chi connectivity index (χ4v) is 5.49. The van der Waals surface area contributed by atoms with E-state index in [2.05, 4.69) is 31.2 Å². The van der Waals surface area contributed by atoms with Crippen LogP contribution in [0.15, 0.2) is 47.2 Å². The lowest BCUT2D eigenvalue weighted by atomic mass is 9.95. The maximum Gasteiger partial charge on any atom is 0.251 e. The summed E-state index contributed by atoms with van der Waals surface area (Å²) in [5.41, 5.74) is 6.30. The Labute approximate surface area is 195 Å². The van der Waals surface area contributed by atoms with Crippen molar-refractivity contribution in [2.24, 2.45) is 0 Å². The first-order chi connectivity index (χ1) is 15.6. The van der Waals surface area contributed by atoms with Gasteiger partial charge in [0, 0.05) is 28.0 Å². The minimum absolute atomic E-state index is 0.0516. The Morgan fingerprint density at radius 1 is 1.25 bits per heavy atom. The SMILES string of the molecule is O=C(CO)Nc1nc2c(s1)-c1c(c(-c3cccnc3)nn1-c1ccc(CO)cc1Br)CC2. The lowest BCUT2D eigenvalue weighted by molar-refractivity contribution is -0.118. The standard InChI is InChI=1S/C22H18BrN5O3S/c23-15-8-12(10-29)3-6-17(15)28-20-14(19(27-28)13-2-1-7-24-9-13)4-5-16-21(20)32-22(25-16)26-18(31)11-30/h1-3,6-9,29-30H,4-5,10-11H2,(H,25,26,31).